The molecule has 0 unspecified atom stereocenters. The van der Waals surface area contributed by atoms with Crippen LogP contribution in [0.1, 0.15) is 34.1 Å². The van der Waals surface area contributed by atoms with Crippen molar-refractivity contribution in [1.82, 2.24) is 19.3 Å². The lowest BCUT2D eigenvalue weighted by Crippen LogP contribution is -2.34. The molecule has 2 fully saturated rings. The molecule has 1 saturated heterocycles. The lowest BCUT2D eigenvalue weighted by molar-refractivity contribution is -0.118. The number of carbonyl (C=O) groups is 1. The van der Waals surface area contributed by atoms with E-state index in [1.807, 2.05) is 30.3 Å². The number of nitrogens with one attached hydrogen (secondary N) is 1. The van der Waals surface area contributed by atoms with Gasteiger partial charge in [0.1, 0.15) is 5.82 Å². The average Bonchev–Trinajstić information content (AvgIpc) is 3.62. The SMILES string of the molecule is O=C(Nc1cccc(-c2ccc(S(O)(O)N3CCC[C@@H]3CO)cc2)n1)C1(c2ccc3nccnc3c2)CC1.[HH].[HH]. The van der Waals surface area contributed by atoms with Crippen molar-refractivity contribution in [2.45, 2.75) is 42.0 Å². The first-order valence-electron chi connectivity index (χ1n) is 12.7. The summed E-state index contributed by atoms with van der Waals surface area (Å²) < 4.78 is 23.4. The summed E-state index contributed by atoms with van der Waals surface area (Å²) in [5.41, 5.74) is 3.33. The highest BCUT2D eigenvalue weighted by Gasteiger charge is 2.51. The predicted octanol–water partition coefficient (Wildman–Crippen LogP) is 5.34. The zero-order valence-corrected chi connectivity index (χ0v) is 21.5. The average molecular weight is 536 g/mol. The summed E-state index contributed by atoms with van der Waals surface area (Å²) in [5.74, 6) is 0.356. The van der Waals surface area contributed by atoms with Gasteiger partial charge in [-0.15, -0.1) is 10.8 Å². The zero-order valence-electron chi connectivity index (χ0n) is 20.7. The van der Waals surface area contributed by atoms with Crippen LogP contribution in [-0.2, 0) is 10.2 Å². The van der Waals surface area contributed by atoms with Crippen LogP contribution in [0.5, 0.6) is 0 Å². The molecule has 2 aromatic carbocycles. The summed E-state index contributed by atoms with van der Waals surface area (Å²) in [6.07, 6.45) is 6.37. The molecule has 1 atom stereocenters. The number of fused-ring (bicyclic) bond motifs is 1. The van der Waals surface area contributed by atoms with Crippen molar-refractivity contribution < 1.29 is 21.9 Å². The second-order valence-electron chi connectivity index (χ2n) is 9.87. The van der Waals surface area contributed by atoms with E-state index in [-0.39, 0.29) is 21.4 Å². The molecule has 38 heavy (non-hydrogen) atoms. The summed E-state index contributed by atoms with van der Waals surface area (Å²) in [5, 5.41) is 12.6. The molecule has 2 aliphatic rings. The van der Waals surface area contributed by atoms with Gasteiger partial charge in [0.2, 0.25) is 5.91 Å². The van der Waals surface area contributed by atoms with Gasteiger partial charge in [0.05, 0.1) is 39.7 Å². The van der Waals surface area contributed by atoms with E-state index in [1.54, 1.807) is 47.0 Å². The molecule has 1 aliphatic carbocycles. The van der Waals surface area contributed by atoms with Crippen LogP contribution in [0.4, 0.5) is 5.82 Å². The highest BCUT2D eigenvalue weighted by molar-refractivity contribution is 8.22. The smallest absolute Gasteiger partial charge is 0.236 e. The number of hydrogen-bond acceptors (Lipinski definition) is 8. The summed E-state index contributed by atoms with van der Waals surface area (Å²) in [7, 11) is -3.19. The van der Waals surface area contributed by atoms with Crippen molar-refractivity contribution in [3.8, 4) is 11.3 Å². The van der Waals surface area contributed by atoms with Gasteiger partial charge < -0.3 is 10.4 Å². The number of pyridine rings is 1. The van der Waals surface area contributed by atoms with Gasteiger partial charge in [0.25, 0.3) is 0 Å². The Hall–Kier alpha value is -3.41. The molecule has 4 N–H and O–H groups in total. The van der Waals surface area contributed by atoms with E-state index in [0.29, 0.717) is 23.0 Å². The molecule has 9 nitrogen and oxygen atoms in total. The Labute approximate surface area is 225 Å². The highest BCUT2D eigenvalue weighted by Crippen LogP contribution is 2.55. The quantitative estimate of drug-likeness (QED) is 0.250. The minimum Gasteiger partial charge on any atom is -0.395 e. The second-order valence-corrected chi connectivity index (χ2v) is 11.8. The maximum absolute atomic E-state index is 13.4. The second kappa shape index (κ2) is 9.72. The number of aliphatic hydroxyl groups is 1. The Morgan fingerprint density at radius 3 is 2.55 bits per heavy atom. The van der Waals surface area contributed by atoms with Crippen LogP contribution in [0.15, 0.2) is 78.0 Å². The molecule has 2 aromatic heterocycles. The number of rotatable bonds is 7. The van der Waals surface area contributed by atoms with Crippen molar-refractivity contribution in [3.05, 3.63) is 78.6 Å². The van der Waals surface area contributed by atoms with Gasteiger partial charge in [-0.2, -0.15) is 4.31 Å². The lowest BCUT2D eigenvalue weighted by atomic mass is 9.94. The number of benzene rings is 2. The van der Waals surface area contributed by atoms with Crippen molar-refractivity contribution in [2.24, 2.45) is 0 Å². The first kappa shape index (κ1) is 24.9. The van der Waals surface area contributed by atoms with E-state index in [0.717, 1.165) is 47.8 Å². The monoisotopic (exact) mass is 535 g/mol. The van der Waals surface area contributed by atoms with E-state index in [2.05, 4.69) is 20.3 Å². The molecule has 0 bridgehead atoms. The predicted molar refractivity (Wildman–Crippen MR) is 151 cm³/mol. The molecule has 0 spiro atoms. The molecule has 1 aliphatic heterocycles. The Kier molecular flexibility index (Phi) is 6.37. The first-order valence-corrected chi connectivity index (χ1v) is 14.2. The van der Waals surface area contributed by atoms with Crippen LogP contribution < -0.4 is 5.32 Å². The third-order valence-corrected chi connectivity index (χ3v) is 9.56. The zero-order chi connectivity index (χ0) is 26.3. The van der Waals surface area contributed by atoms with Gasteiger partial charge in [-0.25, -0.2) is 4.98 Å². The fourth-order valence-electron chi connectivity index (χ4n) is 5.20. The summed E-state index contributed by atoms with van der Waals surface area (Å²) in [4.78, 5) is 27.1. The van der Waals surface area contributed by atoms with E-state index < -0.39 is 16.2 Å². The third kappa shape index (κ3) is 4.44. The number of anilines is 1. The number of aromatic nitrogens is 3. The van der Waals surface area contributed by atoms with Crippen molar-refractivity contribution in [1.29, 1.82) is 0 Å². The maximum atomic E-state index is 13.4. The lowest BCUT2D eigenvalue weighted by Gasteiger charge is -2.43. The number of nitrogens with zero attached hydrogens (tertiary/aromatic N) is 4. The molecular formula is C28H33N5O4S. The minimum atomic E-state index is -3.19. The summed E-state index contributed by atoms with van der Waals surface area (Å²) in [6, 6.07) is 17.9. The van der Waals surface area contributed by atoms with E-state index >= 15 is 0 Å². The summed E-state index contributed by atoms with van der Waals surface area (Å²) >= 11 is 0. The van der Waals surface area contributed by atoms with E-state index in [1.165, 1.54) is 0 Å². The van der Waals surface area contributed by atoms with Gasteiger partial charge in [0, 0.05) is 27.4 Å². The standard InChI is InChI=1S/C28H29N5O4S.2H2/c34-18-21-3-2-16-33(21)38(36,37)22-9-6-19(7-10-22)23-4-1-5-26(31-23)32-27(35)28(12-13-28)20-8-11-24-25(17-20)30-15-14-29-24;;/h1,4-11,14-15,17,21,34,36-37H,2-3,12-13,16,18H2,(H,31,32,35);2*1H/t21-;;/m1../s1. The topological polar surface area (TPSA) is 132 Å². The molecular weight excluding hydrogens is 502 g/mol. The third-order valence-electron chi connectivity index (χ3n) is 7.52. The summed E-state index contributed by atoms with van der Waals surface area (Å²) in [6.45, 7) is 0.430. The van der Waals surface area contributed by atoms with Gasteiger partial charge in [-0.3, -0.25) is 23.9 Å². The molecule has 0 radical (unpaired) electrons. The van der Waals surface area contributed by atoms with E-state index in [4.69, 9.17) is 0 Å². The maximum Gasteiger partial charge on any atom is 0.236 e. The normalized spacial score (nSPS) is 19.4. The van der Waals surface area contributed by atoms with Crippen LogP contribution in [0.2, 0.25) is 0 Å². The Morgan fingerprint density at radius 2 is 1.82 bits per heavy atom. The van der Waals surface area contributed by atoms with Crippen LogP contribution in [0.25, 0.3) is 22.3 Å². The molecule has 6 rings (SSSR count). The van der Waals surface area contributed by atoms with Crippen LogP contribution in [0.3, 0.4) is 0 Å². The molecule has 10 heteroatoms. The van der Waals surface area contributed by atoms with Gasteiger partial charge in [-0.05, 0) is 67.6 Å². The largest absolute Gasteiger partial charge is 0.395 e. The molecule has 3 heterocycles. The first-order chi connectivity index (χ1) is 18.4. The Bertz CT molecular complexity index is 1500. The van der Waals surface area contributed by atoms with Crippen LogP contribution in [-0.4, -0.2) is 58.6 Å². The number of carbonyl (C=O) groups excluding carboxylic acids is 1. The number of amides is 1. The molecule has 4 aromatic rings. The van der Waals surface area contributed by atoms with Crippen LogP contribution >= 0.6 is 10.8 Å². The fraction of sp³-hybridized carbons (Fsp3) is 0.286. The van der Waals surface area contributed by atoms with Crippen molar-refractivity contribution in [2.75, 3.05) is 18.5 Å². The van der Waals surface area contributed by atoms with Crippen molar-refractivity contribution >= 4 is 33.5 Å². The fourth-order valence-corrected chi connectivity index (χ4v) is 6.95. The van der Waals surface area contributed by atoms with Gasteiger partial charge in [-0.1, -0.05) is 24.3 Å². The Morgan fingerprint density at radius 1 is 1.05 bits per heavy atom. The minimum absolute atomic E-state index is 0. The molecule has 1 amide bonds. The number of aliphatic hydroxyl groups excluding tert-OH is 1. The molecule has 200 valence electrons. The van der Waals surface area contributed by atoms with Gasteiger partial charge in [0.15, 0.2) is 0 Å². The van der Waals surface area contributed by atoms with Crippen molar-refractivity contribution in [3.63, 3.8) is 0 Å². The Balaban J connectivity index is 0.00000185. The number of hydrogen-bond donors (Lipinski definition) is 4. The van der Waals surface area contributed by atoms with E-state index in [9.17, 15) is 19.0 Å². The molecule has 1 saturated carbocycles. The van der Waals surface area contributed by atoms with Gasteiger partial charge >= 0.3 is 0 Å². The highest BCUT2D eigenvalue weighted by atomic mass is 32.3. The van der Waals surface area contributed by atoms with Crippen LogP contribution in [0, 0.1) is 0 Å².